The Hall–Kier alpha value is -2.82. The van der Waals surface area contributed by atoms with Crippen LogP contribution in [0.1, 0.15) is 5.56 Å². The summed E-state index contributed by atoms with van der Waals surface area (Å²) in [6, 6.07) is 14.7. The highest BCUT2D eigenvalue weighted by atomic mass is 16.6. The normalized spacial score (nSPS) is 10.7. The Kier molecular flexibility index (Phi) is 3.31. The Bertz CT molecular complexity index is 791. The molecule has 0 bridgehead atoms. The van der Waals surface area contributed by atoms with Crippen molar-refractivity contribution < 1.29 is 4.92 Å². The maximum absolute atomic E-state index is 10.6. The van der Waals surface area contributed by atoms with Crippen molar-refractivity contribution in [2.45, 2.75) is 6.54 Å². The van der Waals surface area contributed by atoms with Gasteiger partial charge >= 0.3 is 0 Å². The minimum absolute atomic E-state index is 0.103. The maximum Gasteiger partial charge on any atom is 0.269 e. The first kappa shape index (κ1) is 13.2. The fraction of sp³-hybridized carbons (Fsp3) is 0.125. The van der Waals surface area contributed by atoms with E-state index >= 15 is 0 Å². The van der Waals surface area contributed by atoms with E-state index in [9.17, 15) is 10.1 Å². The van der Waals surface area contributed by atoms with Crippen LogP contribution in [0.2, 0.25) is 0 Å². The van der Waals surface area contributed by atoms with Gasteiger partial charge in [-0.3, -0.25) is 10.1 Å². The van der Waals surface area contributed by atoms with Crippen molar-refractivity contribution in [1.82, 2.24) is 4.57 Å². The van der Waals surface area contributed by atoms with Crippen LogP contribution in [0.5, 0.6) is 0 Å². The molecule has 3 aromatic rings. The predicted octanol–water partition coefficient (Wildman–Crippen LogP) is 3.70. The van der Waals surface area contributed by atoms with Gasteiger partial charge in [0, 0.05) is 48.5 Å². The van der Waals surface area contributed by atoms with Gasteiger partial charge in [-0.1, -0.05) is 18.2 Å². The summed E-state index contributed by atoms with van der Waals surface area (Å²) in [5.41, 5.74) is 3.36. The second kappa shape index (κ2) is 5.28. The third-order valence-corrected chi connectivity index (χ3v) is 3.54. The number of rotatable bonds is 4. The molecule has 0 spiro atoms. The van der Waals surface area contributed by atoms with E-state index in [4.69, 9.17) is 0 Å². The van der Waals surface area contributed by atoms with Gasteiger partial charge in [0.05, 0.1) is 4.92 Å². The van der Waals surface area contributed by atoms with Crippen LogP contribution in [0.3, 0.4) is 0 Å². The first-order chi connectivity index (χ1) is 10.1. The Morgan fingerprint density at radius 3 is 2.57 bits per heavy atom. The van der Waals surface area contributed by atoms with Gasteiger partial charge in [-0.15, -0.1) is 0 Å². The van der Waals surface area contributed by atoms with Crippen LogP contribution in [0.4, 0.5) is 11.4 Å². The number of hydrogen-bond acceptors (Lipinski definition) is 3. The lowest BCUT2D eigenvalue weighted by Gasteiger charge is -2.05. The largest absolute Gasteiger partial charge is 0.381 e. The van der Waals surface area contributed by atoms with E-state index in [-0.39, 0.29) is 5.69 Å². The lowest BCUT2D eigenvalue weighted by atomic mass is 10.1. The molecule has 0 saturated heterocycles. The summed E-state index contributed by atoms with van der Waals surface area (Å²) < 4.78 is 2.10. The number of aromatic nitrogens is 1. The molecular formula is C16H15N3O2. The molecular weight excluding hydrogens is 266 g/mol. The van der Waals surface area contributed by atoms with Crippen molar-refractivity contribution in [3.05, 3.63) is 70.4 Å². The van der Waals surface area contributed by atoms with Crippen molar-refractivity contribution in [1.29, 1.82) is 0 Å². The molecule has 1 N–H and O–H groups in total. The zero-order valence-electron chi connectivity index (χ0n) is 11.6. The number of hydrogen-bond donors (Lipinski definition) is 1. The Labute approximate surface area is 122 Å². The summed E-state index contributed by atoms with van der Waals surface area (Å²) in [5.74, 6) is 0. The number of nitrogens with one attached hydrogen (secondary N) is 1. The zero-order chi connectivity index (χ0) is 14.8. The molecule has 1 aromatic heterocycles. The van der Waals surface area contributed by atoms with E-state index < -0.39 is 4.92 Å². The molecule has 0 aliphatic rings. The van der Waals surface area contributed by atoms with Crippen molar-refractivity contribution in [2.24, 2.45) is 7.05 Å². The molecule has 0 unspecified atom stereocenters. The average Bonchev–Trinajstić information content (AvgIpc) is 2.83. The monoisotopic (exact) mass is 281 g/mol. The van der Waals surface area contributed by atoms with Crippen LogP contribution < -0.4 is 5.32 Å². The first-order valence-electron chi connectivity index (χ1n) is 6.66. The average molecular weight is 281 g/mol. The minimum Gasteiger partial charge on any atom is -0.381 e. The van der Waals surface area contributed by atoms with Gasteiger partial charge in [-0.2, -0.15) is 0 Å². The fourth-order valence-electron chi connectivity index (χ4n) is 2.46. The fourth-order valence-corrected chi connectivity index (χ4v) is 2.46. The lowest BCUT2D eigenvalue weighted by Crippen LogP contribution is -1.99. The van der Waals surface area contributed by atoms with Gasteiger partial charge in [0.1, 0.15) is 0 Å². The van der Waals surface area contributed by atoms with Crippen molar-refractivity contribution in [3.63, 3.8) is 0 Å². The van der Waals surface area contributed by atoms with Gasteiger partial charge in [-0.05, 0) is 23.8 Å². The Morgan fingerprint density at radius 2 is 1.86 bits per heavy atom. The number of nitro benzene ring substituents is 1. The molecule has 106 valence electrons. The molecule has 2 aromatic carbocycles. The number of nitrogens with zero attached hydrogens (tertiary/aromatic N) is 2. The second-order valence-electron chi connectivity index (χ2n) is 4.94. The number of nitro groups is 1. The van der Waals surface area contributed by atoms with Crippen LogP contribution >= 0.6 is 0 Å². The second-order valence-corrected chi connectivity index (χ2v) is 4.94. The molecule has 5 heteroatoms. The summed E-state index contributed by atoms with van der Waals surface area (Å²) >= 11 is 0. The molecule has 5 nitrogen and oxygen atoms in total. The molecule has 21 heavy (non-hydrogen) atoms. The molecule has 0 atom stereocenters. The maximum atomic E-state index is 10.6. The van der Waals surface area contributed by atoms with Crippen LogP contribution in [0.25, 0.3) is 10.9 Å². The molecule has 0 fully saturated rings. The van der Waals surface area contributed by atoms with Crippen LogP contribution in [-0.2, 0) is 13.6 Å². The summed E-state index contributed by atoms with van der Waals surface area (Å²) in [7, 11) is 2.03. The highest BCUT2D eigenvalue weighted by Crippen LogP contribution is 2.22. The van der Waals surface area contributed by atoms with E-state index in [1.165, 1.54) is 28.6 Å². The van der Waals surface area contributed by atoms with E-state index in [1.54, 1.807) is 12.1 Å². The highest BCUT2D eigenvalue weighted by Gasteiger charge is 2.07. The number of para-hydroxylation sites is 1. The number of anilines is 1. The Morgan fingerprint density at radius 1 is 1.14 bits per heavy atom. The first-order valence-corrected chi connectivity index (χ1v) is 6.66. The van der Waals surface area contributed by atoms with Crippen molar-refractivity contribution >= 4 is 22.3 Å². The third kappa shape index (κ3) is 2.58. The number of aryl methyl sites for hydroxylation is 1. The van der Waals surface area contributed by atoms with Crippen LogP contribution in [0.15, 0.2) is 54.7 Å². The highest BCUT2D eigenvalue weighted by molar-refractivity contribution is 5.84. The molecule has 0 radical (unpaired) electrons. The summed E-state index contributed by atoms with van der Waals surface area (Å²) in [5, 5.41) is 15.1. The zero-order valence-corrected chi connectivity index (χ0v) is 11.6. The summed E-state index contributed by atoms with van der Waals surface area (Å²) in [4.78, 5) is 10.2. The van der Waals surface area contributed by atoms with Gasteiger partial charge in [0.2, 0.25) is 0 Å². The smallest absolute Gasteiger partial charge is 0.269 e. The Balaban J connectivity index is 1.79. The molecule has 0 aliphatic heterocycles. The van der Waals surface area contributed by atoms with Crippen molar-refractivity contribution in [2.75, 3.05) is 5.32 Å². The van der Waals surface area contributed by atoms with Gasteiger partial charge < -0.3 is 9.88 Å². The van der Waals surface area contributed by atoms with Gasteiger partial charge in [-0.25, -0.2) is 0 Å². The summed E-state index contributed by atoms with van der Waals surface area (Å²) in [6.45, 7) is 0.680. The quantitative estimate of drug-likeness (QED) is 0.586. The predicted molar refractivity (Wildman–Crippen MR) is 83.3 cm³/mol. The standard InChI is InChI=1S/C16H15N3O2/c1-18-11-12(15-4-2-3-5-16(15)18)10-17-13-6-8-14(9-7-13)19(20)21/h2-9,11,17H,10H2,1H3. The number of benzene rings is 2. The van der Waals surface area contributed by atoms with E-state index in [2.05, 4.69) is 28.2 Å². The SMILES string of the molecule is Cn1cc(CNc2ccc([N+](=O)[O-])cc2)c2ccccc21. The van der Waals surface area contributed by atoms with Crippen molar-refractivity contribution in [3.8, 4) is 0 Å². The van der Waals surface area contributed by atoms with E-state index in [0.717, 1.165) is 5.69 Å². The summed E-state index contributed by atoms with van der Waals surface area (Å²) in [6.07, 6.45) is 2.10. The van der Waals surface area contributed by atoms with E-state index in [0.29, 0.717) is 6.54 Å². The lowest BCUT2D eigenvalue weighted by molar-refractivity contribution is -0.384. The topological polar surface area (TPSA) is 60.1 Å². The molecule has 0 aliphatic carbocycles. The molecule has 0 amide bonds. The third-order valence-electron chi connectivity index (χ3n) is 3.54. The van der Waals surface area contributed by atoms with Crippen LogP contribution in [0, 0.1) is 10.1 Å². The molecule has 1 heterocycles. The molecule has 0 saturated carbocycles. The number of non-ortho nitro benzene ring substituents is 1. The minimum atomic E-state index is -0.394. The van der Waals surface area contributed by atoms with E-state index in [1.807, 2.05) is 19.2 Å². The molecule has 3 rings (SSSR count). The van der Waals surface area contributed by atoms with Gasteiger partial charge in [0.25, 0.3) is 5.69 Å². The number of fused-ring (bicyclic) bond motifs is 1. The van der Waals surface area contributed by atoms with Gasteiger partial charge in [0.15, 0.2) is 0 Å². The van der Waals surface area contributed by atoms with Crippen LogP contribution in [-0.4, -0.2) is 9.49 Å².